The molecule has 0 spiro atoms. The zero-order valence-corrected chi connectivity index (χ0v) is 8.92. The van der Waals surface area contributed by atoms with Crippen LogP contribution in [0.2, 0.25) is 0 Å². The summed E-state index contributed by atoms with van der Waals surface area (Å²) in [6, 6.07) is 3.86. The number of hydrogen-bond donors (Lipinski definition) is 1. The lowest BCUT2D eigenvalue weighted by atomic mass is 10.3. The lowest BCUT2D eigenvalue weighted by Gasteiger charge is -2.07. The molecular weight excluding hydrogens is 176 g/mol. The van der Waals surface area contributed by atoms with Crippen LogP contribution in [-0.4, -0.2) is 25.2 Å². The fraction of sp³-hybridized carbons (Fsp3) is 0.545. The summed E-state index contributed by atoms with van der Waals surface area (Å²) in [5.41, 5.74) is 0.959. The number of rotatable bonds is 6. The van der Waals surface area contributed by atoms with Gasteiger partial charge in [-0.15, -0.1) is 0 Å². The van der Waals surface area contributed by atoms with Crippen molar-refractivity contribution in [2.24, 2.45) is 0 Å². The summed E-state index contributed by atoms with van der Waals surface area (Å²) in [6.45, 7) is 3.78. The molecule has 0 bridgehead atoms. The molecule has 0 aromatic carbocycles. The highest BCUT2D eigenvalue weighted by Crippen LogP contribution is 2.13. The summed E-state index contributed by atoms with van der Waals surface area (Å²) >= 11 is 0. The summed E-state index contributed by atoms with van der Waals surface area (Å²) in [4.78, 5) is 4.16. The van der Waals surface area contributed by atoms with Crippen molar-refractivity contribution in [2.45, 2.75) is 19.8 Å². The Bertz CT molecular complexity index is 263. The van der Waals surface area contributed by atoms with Gasteiger partial charge < -0.3 is 10.1 Å². The largest absolute Gasteiger partial charge is 0.492 e. The summed E-state index contributed by atoms with van der Waals surface area (Å²) in [5.74, 6) is 0.900. The topological polar surface area (TPSA) is 34.1 Å². The second-order valence-corrected chi connectivity index (χ2v) is 3.25. The Kier molecular flexibility index (Phi) is 5.00. The van der Waals surface area contributed by atoms with Gasteiger partial charge in [-0.05, 0) is 45.5 Å². The highest BCUT2D eigenvalue weighted by Gasteiger charge is 1.97. The minimum Gasteiger partial charge on any atom is -0.492 e. The third kappa shape index (κ3) is 3.75. The quantitative estimate of drug-likeness (QED) is 0.701. The van der Waals surface area contributed by atoms with E-state index in [2.05, 4.69) is 10.3 Å². The van der Waals surface area contributed by atoms with E-state index in [1.54, 1.807) is 6.20 Å². The van der Waals surface area contributed by atoms with Gasteiger partial charge in [0.15, 0.2) is 0 Å². The van der Waals surface area contributed by atoms with Crippen LogP contribution in [0.4, 0.5) is 0 Å². The number of pyridine rings is 1. The third-order valence-corrected chi connectivity index (χ3v) is 2.04. The average molecular weight is 194 g/mol. The van der Waals surface area contributed by atoms with Gasteiger partial charge in [0.25, 0.3) is 0 Å². The van der Waals surface area contributed by atoms with Crippen LogP contribution in [0.3, 0.4) is 0 Å². The van der Waals surface area contributed by atoms with Crippen LogP contribution in [0.1, 0.15) is 18.5 Å². The van der Waals surface area contributed by atoms with Crippen LogP contribution in [0.15, 0.2) is 18.3 Å². The molecule has 1 heterocycles. The Morgan fingerprint density at radius 2 is 2.29 bits per heavy atom. The fourth-order valence-electron chi connectivity index (χ4n) is 1.21. The predicted molar refractivity (Wildman–Crippen MR) is 57.6 cm³/mol. The lowest BCUT2D eigenvalue weighted by molar-refractivity contribution is 0.303. The SMILES string of the molecule is CNCCCCOc1cccnc1C. The van der Waals surface area contributed by atoms with Crippen LogP contribution >= 0.6 is 0 Å². The minimum atomic E-state index is 0.772. The Morgan fingerprint density at radius 3 is 3.00 bits per heavy atom. The molecule has 0 aliphatic rings. The Labute approximate surface area is 85.5 Å². The number of nitrogens with one attached hydrogen (secondary N) is 1. The monoisotopic (exact) mass is 194 g/mol. The number of nitrogens with zero attached hydrogens (tertiary/aromatic N) is 1. The summed E-state index contributed by atoms with van der Waals surface area (Å²) < 4.78 is 5.59. The summed E-state index contributed by atoms with van der Waals surface area (Å²) in [6.07, 6.45) is 4.01. The molecule has 1 aromatic rings. The van der Waals surface area contributed by atoms with E-state index in [9.17, 15) is 0 Å². The van der Waals surface area contributed by atoms with Crippen molar-refractivity contribution in [3.8, 4) is 5.75 Å². The molecule has 14 heavy (non-hydrogen) atoms. The van der Waals surface area contributed by atoms with E-state index in [1.165, 1.54) is 0 Å². The number of unbranched alkanes of at least 4 members (excludes halogenated alkanes) is 1. The van der Waals surface area contributed by atoms with Gasteiger partial charge in [-0.1, -0.05) is 0 Å². The molecule has 1 N–H and O–H groups in total. The highest BCUT2D eigenvalue weighted by molar-refractivity contribution is 5.25. The number of ether oxygens (including phenoxy) is 1. The van der Waals surface area contributed by atoms with Crippen molar-refractivity contribution >= 4 is 0 Å². The Morgan fingerprint density at radius 1 is 1.43 bits per heavy atom. The van der Waals surface area contributed by atoms with Crippen molar-refractivity contribution in [3.05, 3.63) is 24.0 Å². The van der Waals surface area contributed by atoms with Gasteiger partial charge in [0, 0.05) is 6.20 Å². The minimum absolute atomic E-state index is 0.772. The molecule has 0 saturated heterocycles. The molecule has 0 aliphatic heterocycles. The van der Waals surface area contributed by atoms with E-state index in [-0.39, 0.29) is 0 Å². The summed E-state index contributed by atoms with van der Waals surface area (Å²) in [5, 5.41) is 3.11. The van der Waals surface area contributed by atoms with Crippen LogP contribution in [0, 0.1) is 6.92 Å². The predicted octanol–water partition coefficient (Wildman–Crippen LogP) is 1.77. The Hall–Kier alpha value is -1.09. The molecule has 0 radical (unpaired) electrons. The molecule has 1 rings (SSSR count). The van der Waals surface area contributed by atoms with Crippen LogP contribution in [0.25, 0.3) is 0 Å². The average Bonchev–Trinajstić information content (AvgIpc) is 2.20. The molecule has 0 atom stereocenters. The molecular formula is C11H18N2O. The lowest BCUT2D eigenvalue weighted by Crippen LogP contribution is -2.09. The van der Waals surface area contributed by atoms with Gasteiger partial charge in [0.1, 0.15) is 5.75 Å². The number of aryl methyl sites for hydroxylation is 1. The Balaban J connectivity index is 2.21. The second kappa shape index (κ2) is 6.38. The molecule has 0 fully saturated rings. The standard InChI is InChI=1S/C11H18N2O/c1-10-11(6-5-8-13-10)14-9-4-3-7-12-2/h5-6,8,12H,3-4,7,9H2,1-2H3. The molecule has 3 nitrogen and oxygen atoms in total. The second-order valence-electron chi connectivity index (χ2n) is 3.25. The zero-order chi connectivity index (χ0) is 10.2. The van der Waals surface area contributed by atoms with E-state index in [1.807, 2.05) is 26.1 Å². The van der Waals surface area contributed by atoms with Crippen molar-refractivity contribution < 1.29 is 4.74 Å². The highest BCUT2D eigenvalue weighted by atomic mass is 16.5. The van der Waals surface area contributed by atoms with Gasteiger partial charge in [0.05, 0.1) is 12.3 Å². The maximum Gasteiger partial charge on any atom is 0.140 e. The first kappa shape index (κ1) is 11.0. The molecule has 0 aliphatic carbocycles. The first-order valence-corrected chi connectivity index (χ1v) is 5.03. The molecule has 0 unspecified atom stereocenters. The van der Waals surface area contributed by atoms with E-state index in [0.29, 0.717) is 0 Å². The van der Waals surface area contributed by atoms with Crippen molar-refractivity contribution in [1.82, 2.24) is 10.3 Å². The first-order chi connectivity index (χ1) is 6.84. The van der Waals surface area contributed by atoms with E-state index in [0.717, 1.165) is 37.4 Å². The van der Waals surface area contributed by atoms with E-state index in [4.69, 9.17) is 4.74 Å². The van der Waals surface area contributed by atoms with Crippen LogP contribution in [0.5, 0.6) is 5.75 Å². The first-order valence-electron chi connectivity index (χ1n) is 5.03. The third-order valence-electron chi connectivity index (χ3n) is 2.04. The molecule has 1 aromatic heterocycles. The van der Waals surface area contributed by atoms with Gasteiger partial charge in [0.2, 0.25) is 0 Å². The smallest absolute Gasteiger partial charge is 0.140 e. The van der Waals surface area contributed by atoms with Gasteiger partial charge in [-0.3, -0.25) is 4.98 Å². The molecule has 78 valence electrons. The summed E-state index contributed by atoms with van der Waals surface area (Å²) in [7, 11) is 1.96. The van der Waals surface area contributed by atoms with Gasteiger partial charge in [-0.2, -0.15) is 0 Å². The van der Waals surface area contributed by atoms with Gasteiger partial charge >= 0.3 is 0 Å². The van der Waals surface area contributed by atoms with Crippen molar-refractivity contribution in [2.75, 3.05) is 20.2 Å². The molecule has 0 amide bonds. The van der Waals surface area contributed by atoms with E-state index >= 15 is 0 Å². The number of hydrogen-bond acceptors (Lipinski definition) is 3. The van der Waals surface area contributed by atoms with E-state index < -0.39 is 0 Å². The molecule has 0 saturated carbocycles. The fourth-order valence-corrected chi connectivity index (χ4v) is 1.21. The zero-order valence-electron chi connectivity index (χ0n) is 8.92. The maximum absolute atomic E-state index is 5.59. The van der Waals surface area contributed by atoms with Crippen LogP contribution < -0.4 is 10.1 Å². The maximum atomic E-state index is 5.59. The van der Waals surface area contributed by atoms with Gasteiger partial charge in [-0.25, -0.2) is 0 Å². The normalized spacial score (nSPS) is 10.1. The van der Waals surface area contributed by atoms with Crippen molar-refractivity contribution in [3.63, 3.8) is 0 Å². The van der Waals surface area contributed by atoms with Crippen LogP contribution in [-0.2, 0) is 0 Å². The number of aromatic nitrogens is 1. The molecule has 3 heteroatoms. The van der Waals surface area contributed by atoms with Crippen molar-refractivity contribution in [1.29, 1.82) is 0 Å².